The van der Waals surface area contributed by atoms with Crippen LogP contribution in [0.1, 0.15) is 18.1 Å². The fourth-order valence-electron chi connectivity index (χ4n) is 2.35. The van der Waals surface area contributed by atoms with E-state index >= 15 is 0 Å². The molecule has 0 spiro atoms. The van der Waals surface area contributed by atoms with Gasteiger partial charge in [-0.05, 0) is 25.0 Å². The number of guanidine groups is 1. The number of aliphatic imine (C=N–C) groups is 1. The topological polar surface area (TPSA) is 79.6 Å². The van der Waals surface area contributed by atoms with Crippen molar-refractivity contribution in [3.8, 4) is 0 Å². The molecule has 0 fully saturated rings. The van der Waals surface area contributed by atoms with Gasteiger partial charge in [0.2, 0.25) is 0 Å². The zero-order valence-electron chi connectivity index (χ0n) is 14.0. The molecule has 0 heterocycles. The quantitative estimate of drug-likeness (QED) is 0.350. The normalized spacial score (nSPS) is 11.2. The van der Waals surface area contributed by atoms with Crippen LogP contribution >= 0.6 is 0 Å². The molecule has 0 saturated carbocycles. The maximum absolute atomic E-state index is 13.6. The Kier molecular flexibility index (Phi) is 6.88. The summed E-state index contributed by atoms with van der Waals surface area (Å²) in [5.41, 5.74) is 1.22. The zero-order valence-corrected chi connectivity index (χ0v) is 14.0. The number of para-hydroxylation sites is 1. The maximum Gasteiger partial charge on any atom is 0.274 e. The molecule has 0 radical (unpaired) electrons. The fraction of sp³-hybridized carbons (Fsp3) is 0.278. The van der Waals surface area contributed by atoms with Gasteiger partial charge in [-0.25, -0.2) is 9.38 Å². The van der Waals surface area contributed by atoms with E-state index in [0.29, 0.717) is 36.6 Å². The van der Waals surface area contributed by atoms with Crippen molar-refractivity contribution >= 4 is 11.6 Å². The summed E-state index contributed by atoms with van der Waals surface area (Å²) in [6, 6.07) is 13.2. The van der Waals surface area contributed by atoms with E-state index in [-0.39, 0.29) is 18.0 Å². The molecule has 2 aromatic rings. The minimum absolute atomic E-state index is 0.0495. The fourth-order valence-corrected chi connectivity index (χ4v) is 2.35. The van der Waals surface area contributed by atoms with Crippen LogP contribution in [0, 0.1) is 15.9 Å². The standard InChI is InChI=1S/C18H21FN4O2/c1-2-20-18(21-12-11-14-7-3-5-9-16(14)19)22-13-15-8-4-6-10-17(15)23(24)25/h3-10H,2,11-13H2,1H3,(H2,20,21,22). The van der Waals surface area contributed by atoms with Gasteiger partial charge >= 0.3 is 0 Å². The number of nitrogens with zero attached hydrogens (tertiary/aromatic N) is 2. The van der Waals surface area contributed by atoms with Crippen molar-refractivity contribution in [3.05, 3.63) is 75.6 Å². The van der Waals surface area contributed by atoms with Crippen LogP contribution in [0.2, 0.25) is 0 Å². The highest BCUT2D eigenvalue weighted by Crippen LogP contribution is 2.18. The Labute approximate surface area is 145 Å². The average Bonchev–Trinajstić information content (AvgIpc) is 2.61. The molecule has 2 rings (SSSR count). The number of rotatable bonds is 7. The third kappa shape index (κ3) is 5.56. The summed E-state index contributed by atoms with van der Waals surface area (Å²) in [5, 5.41) is 17.2. The van der Waals surface area contributed by atoms with Crippen molar-refractivity contribution in [2.24, 2.45) is 4.99 Å². The second-order valence-electron chi connectivity index (χ2n) is 5.35. The average molecular weight is 344 g/mol. The molecule has 0 amide bonds. The van der Waals surface area contributed by atoms with E-state index in [1.165, 1.54) is 12.1 Å². The SMILES string of the molecule is CCNC(=NCc1ccccc1[N+](=O)[O-])NCCc1ccccc1F. The third-order valence-electron chi connectivity index (χ3n) is 3.58. The summed E-state index contributed by atoms with van der Waals surface area (Å²) in [6.45, 7) is 3.28. The third-order valence-corrected chi connectivity index (χ3v) is 3.58. The lowest BCUT2D eigenvalue weighted by Gasteiger charge is -2.11. The molecule has 7 heteroatoms. The van der Waals surface area contributed by atoms with Gasteiger partial charge in [0, 0.05) is 19.2 Å². The molecule has 6 nitrogen and oxygen atoms in total. The largest absolute Gasteiger partial charge is 0.357 e. The van der Waals surface area contributed by atoms with Crippen LogP contribution < -0.4 is 10.6 Å². The summed E-state index contributed by atoms with van der Waals surface area (Å²) in [4.78, 5) is 15.0. The summed E-state index contributed by atoms with van der Waals surface area (Å²) in [7, 11) is 0. The van der Waals surface area contributed by atoms with E-state index in [4.69, 9.17) is 0 Å². The molecule has 0 saturated heterocycles. The van der Waals surface area contributed by atoms with Gasteiger partial charge < -0.3 is 10.6 Å². The lowest BCUT2D eigenvalue weighted by atomic mass is 10.1. The number of nitrogens with one attached hydrogen (secondary N) is 2. The van der Waals surface area contributed by atoms with Gasteiger partial charge in [-0.1, -0.05) is 36.4 Å². The first-order valence-electron chi connectivity index (χ1n) is 8.09. The van der Waals surface area contributed by atoms with Crippen LogP contribution in [0.3, 0.4) is 0 Å². The Morgan fingerprint density at radius 2 is 1.80 bits per heavy atom. The number of nitro benzene ring substituents is 1. The van der Waals surface area contributed by atoms with E-state index in [1.807, 2.05) is 6.92 Å². The second kappa shape index (κ2) is 9.36. The molecular formula is C18H21FN4O2. The summed E-state index contributed by atoms with van der Waals surface area (Å²) >= 11 is 0. The molecule has 2 N–H and O–H groups in total. The van der Waals surface area contributed by atoms with E-state index in [1.54, 1.807) is 36.4 Å². The lowest BCUT2D eigenvalue weighted by molar-refractivity contribution is -0.385. The summed E-state index contributed by atoms with van der Waals surface area (Å²) in [5.74, 6) is 0.308. The minimum atomic E-state index is -0.413. The first-order chi connectivity index (χ1) is 12.1. The molecule has 0 bridgehead atoms. The molecule has 0 aliphatic heterocycles. The molecular weight excluding hydrogens is 323 g/mol. The Hall–Kier alpha value is -2.96. The molecule has 0 aliphatic rings. The monoisotopic (exact) mass is 344 g/mol. The van der Waals surface area contributed by atoms with Gasteiger partial charge in [0.05, 0.1) is 17.0 Å². The first-order valence-corrected chi connectivity index (χ1v) is 8.09. The molecule has 25 heavy (non-hydrogen) atoms. The smallest absolute Gasteiger partial charge is 0.274 e. The van der Waals surface area contributed by atoms with Crippen molar-refractivity contribution in [1.82, 2.24) is 10.6 Å². The predicted octanol–water partition coefficient (Wildman–Crippen LogP) is 3.03. The van der Waals surface area contributed by atoms with Crippen LogP contribution in [0.15, 0.2) is 53.5 Å². The van der Waals surface area contributed by atoms with Crippen LogP contribution in [0.25, 0.3) is 0 Å². The number of benzene rings is 2. The van der Waals surface area contributed by atoms with Crippen LogP contribution in [-0.2, 0) is 13.0 Å². The van der Waals surface area contributed by atoms with Crippen molar-refractivity contribution < 1.29 is 9.31 Å². The summed E-state index contributed by atoms with van der Waals surface area (Å²) in [6.07, 6.45) is 0.516. The van der Waals surface area contributed by atoms with Crippen LogP contribution in [0.5, 0.6) is 0 Å². The van der Waals surface area contributed by atoms with Gasteiger partial charge in [0.25, 0.3) is 5.69 Å². The van der Waals surface area contributed by atoms with Crippen molar-refractivity contribution in [3.63, 3.8) is 0 Å². The minimum Gasteiger partial charge on any atom is -0.357 e. The van der Waals surface area contributed by atoms with Crippen molar-refractivity contribution in [1.29, 1.82) is 0 Å². The molecule has 2 aromatic carbocycles. The van der Waals surface area contributed by atoms with E-state index in [9.17, 15) is 14.5 Å². The number of hydrogen-bond acceptors (Lipinski definition) is 3. The second-order valence-corrected chi connectivity index (χ2v) is 5.35. The highest BCUT2D eigenvalue weighted by Gasteiger charge is 2.11. The van der Waals surface area contributed by atoms with Gasteiger partial charge in [-0.15, -0.1) is 0 Å². The zero-order chi connectivity index (χ0) is 18.1. The van der Waals surface area contributed by atoms with Gasteiger partial charge in [0.1, 0.15) is 5.82 Å². The van der Waals surface area contributed by atoms with Crippen molar-refractivity contribution in [2.45, 2.75) is 19.9 Å². The lowest BCUT2D eigenvalue weighted by Crippen LogP contribution is -2.38. The van der Waals surface area contributed by atoms with E-state index < -0.39 is 4.92 Å². The Balaban J connectivity index is 1.99. The predicted molar refractivity (Wildman–Crippen MR) is 96.0 cm³/mol. The Morgan fingerprint density at radius 1 is 1.12 bits per heavy atom. The molecule has 0 unspecified atom stereocenters. The molecule has 0 atom stereocenters. The van der Waals surface area contributed by atoms with E-state index in [0.717, 1.165) is 0 Å². The highest BCUT2D eigenvalue weighted by molar-refractivity contribution is 5.79. The molecule has 0 aliphatic carbocycles. The molecule has 132 valence electrons. The van der Waals surface area contributed by atoms with Crippen LogP contribution in [0.4, 0.5) is 10.1 Å². The Morgan fingerprint density at radius 3 is 2.48 bits per heavy atom. The van der Waals surface area contributed by atoms with Gasteiger partial charge in [0.15, 0.2) is 5.96 Å². The maximum atomic E-state index is 13.6. The highest BCUT2D eigenvalue weighted by atomic mass is 19.1. The number of hydrogen-bond donors (Lipinski definition) is 2. The van der Waals surface area contributed by atoms with Gasteiger partial charge in [-0.2, -0.15) is 0 Å². The van der Waals surface area contributed by atoms with Gasteiger partial charge in [-0.3, -0.25) is 10.1 Å². The first kappa shape index (κ1) is 18.4. The summed E-state index contributed by atoms with van der Waals surface area (Å²) < 4.78 is 13.6. The van der Waals surface area contributed by atoms with Crippen LogP contribution in [-0.4, -0.2) is 24.0 Å². The molecule has 0 aromatic heterocycles. The van der Waals surface area contributed by atoms with E-state index in [2.05, 4.69) is 15.6 Å². The number of halogens is 1. The van der Waals surface area contributed by atoms with Crippen molar-refractivity contribution in [2.75, 3.05) is 13.1 Å². The Bertz CT molecular complexity index is 749. The number of nitro groups is 1.